The third-order valence-corrected chi connectivity index (χ3v) is 4.56. The highest BCUT2D eigenvalue weighted by Crippen LogP contribution is 2.28. The molecule has 1 amide bonds. The molecule has 3 rings (SSSR count). The summed E-state index contributed by atoms with van der Waals surface area (Å²) in [6.45, 7) is 1.59. The summed E-state index contributed by atoms with van der Waals surface area (Å²) in [6.07, 6.45) is 1.17. The van der Waals surface area contributed by atoms with Gasteiger partial charge in [-0.1, -0.05) is 35.3 Å². The molecule has 3 aromatic rings. The van der Waals surface area contributed by atoms with Crippen molar-refractivity contribution in [2.75, 3.05) is 0 Å². The molecule has 1 N–H and O–H groups in total. The first kappa shape index (κ1) is 18.4. The van der Waals surface area contributed by atoms with Crippen LogP contribution in [-0.4, -0.2) is 15.7 Å². The van der Waals surface area contributed by atoms with Gasteiger partial charge in [-0.2, -0.15) is 5.10 Å². The summed E-state index contributed by atoms with van der Waals surface area (Å²) in [7, 11) is 0. The summed E-state index contributed by atoms with van der Waals surface area (Å²) in [5.74, 6) is -0.967. The van der Waals surface area contributed by atoms with Crippen molar-refractivity contribution in [3.63, 3.8) is 0 Å². The summed E-state index contributed by atoms with van der Waals surface area (Å²) in [5, 5.41) is 7.40. The first-order chi connectivity index (χ1) is 12.4. The van der Waals surface area contributed by atoms with E-state index in [1.165, 1.54) is 23.0 Å². The standard InChI is InChI=1S/C18H14Cl2FN3O2/c1-10(12-6-15(21)14(20)7-13(12)19)23-18(26)9-24-16-5-3-2-4-11(16)17(25)8-22-24/h2-8,10H,9H2,1H3,(H,23,26)/t10-/m0/s1. The van der Waals surface area contributed by atoms with E-state index in [0.29, 0.717) is 16.5 Å². The van der Waals surface area contributed by atoms with Gasteiger partial charge >= 0.3 is 0 Å². The number of carbonyl (C=O) groups is 1. The number of rotatable bonds is 4. The predicted octanol–water partition coefficient (Wildman–Crippen LogP) is 3.72. The van der Waals surface area contributed by atoms with Gasteiger partial charge < -0.3 is 5.32 Å². The van der Waals surface area contributed by atoms with Crippen LogP contribution >= 0.6 is 23.2 Å². The average Bonchev–Trinajstić information content (AvgIpc) is 2.60. The molecule has 0 aliphatic carbocycles. The second-order valence-electron chi connectivity index (χ2n) is 5.76. The van der Waals surface area contributed by atoms with E-state index in [1.54, 1.807) is 31.2 Å². The lowest BCUT2D eigenvalue weighted by Gasteiger charge is -2.17. The molecular formula is C18H14Cl2FN3O2. The van der Waals surface area contributed by atoms with Crippen LogP contribution in [0.3, 0.4) is 0 Å². The normalized spacial score (nSPS) is 12.2. The maximum atomic E-state index is 13.7. The van der Waals surface area contributed by atoms with Crippen molar-refractivity contribution >= 4 is 40.0 Å². The van der Waals surface area contributed by atoms with Crippen molar-refractivity contribution in [1.82, 2.24) is 15.1 Å². The topological polar surface area (TPSA) is 64.0 Å². The molecule has 0 saturated heterocycles. The van der Waals surface area contributed by atoms with Crippen molar-refractivity contribution in [2.45, 2.75) is 19.5 Å². The van der Waals surface area contributed by atoms with Crippen LogP contribution in [0.25, 0.3) is 10.9 Å². The van der Waals surface area contributed by atoms with E-state index in [-0.39, 0.29) is 27.9 Å². The summed E-state index contributed by atoms with van der Waals surface area (Å²) in [6, 6.07) is 8.85. The Bertz CT molecular complexity index is 1050. The van der Waals surface area contributed by atoms with Gasteiger partial charge in [-0.15, -0.1) is 0 Å². The molecule has 2 aromatic carbocycles. The van der Waals surface area contributed by atoms with E-state index in [9.17, 15) is 14.0 Å². The fraction of sp³-hybridized carbons (Fsp3) is 0.167. The molecule has 5 nitrogen and oxygen atoms in total. The Hall–Kier alpha value is -2.44. The number of amides is 1. The van der Waals surface area contributed by atoms with Gasteiger partial charge in [0, 0.05) is 10.4 Å². The molecule has 134 valence electrons. The molecule has 1 atom stereocenters. The van der Waals surface area contributed by atoms with Crippen molar-refractivity contribution in [3.8, 4) is 0 Å². The van der Waals surface area contributed by atoms with E-state index < -0.39 is 11.9 Å². The van der Waals surface area contributed by atoms with Crippen molar-refractivity contribution in [2.24, 2.45) is 0 Å². The van der Waals surface area contributed by atoms with Crippen LogP contribution in [0.15, 0.2) is 47.4 Å². The lowest BCUT2D eigenvalue weighted by atomic mass is 10.1. The summed E-state index contributed by atoms with van der Waals surface area (Å²) in [5.41, 5.74) is 0.757. The first-order valence-electron chi connectivity index (χ1n) is 7.75. The lowest BCUT2D eigenvalue weighted by Crippen LogP contribution is -2.31. The van der Waals surface area contributed by atoms with Crippen LogP contribution in [-0.2, 0) is 11.3 Å². The van der Waals surface area contributed by atoms with Gasteiger partial charge in [-0.3, -0.25) is 14.3 Å². The summed E-state index contributed by atoms with van der Waals surface area (Å²) < 4.78 is 15.1. The molecule has 0 radical (unpaired) electrons. The number of nitrogens with one attached hydrogen (secondary N) is 1. The molecule has 0 fully saturated rings. The number of fused-ring (bicyclic) bond motifs is 1. The van der Waals surface area contributed by atoms with Crippen molar-refractivity contribution in [1.29, 1.82) is 0 Å². The minimum Gasteiger partial charge on any atom is -0.348 e. The quantitative estimate of drug-likeness (QED) is 0.686. The fourth-order valence-electron chi connectivity index (χ4n) is 2.66. The Morgan fingerprint density at radius 3 is 2.77 bits per heavy atom. The number of nitrogens with zero attached hydrogens (tertiary/aromatic N) is 2. The van der Waals surface area contributed by atoms with E-state index >= 15 is 0 Å². The minimum absolute atomic E-state index is 0.0822. The van der Waals surface area contributed by atoms with Crippen LogP contribution < -0.4 is 10.7 Å². The predicted molar refractivity (Wildman–Crippen MR) is 99.0 cm³/mol. The van der Waals surface area contributed by atoms with E-state index in [0.717, 1.165) is 0 Å². The SMILES string of the molecule is C[C@H](NC(=O)Cn1ncc(=O)c2ccccc21)c1cc(F)c(Cl)cc1Cl. The van der Waals surface area contributed by atoms with Gasteiger partial charge in [0.2, 0.25) is 11.3 Å². The molecule has 0 aliphatic rings. The second kappa shape index (κ2) is 7.43. The van der Waals surface area contributed by atoms with Crippen LogP contribution in [0.5, 0.6) is 0 Å². The van der Waals surface area contributed by atoms with Crippen LogP contribution in [0.1, 0.15) is 18.5 Å². The molecule has 0 bridgehead atoms. The van der Waals surface area contributed by atoms with Gasteiger partial charge in [-0.05, 0) is 36.8 Å². The Morgan fingerprint density at radius 1 is 1.27 bits per heavy atom. The second-order valence-corrected chi connectivity index (χ2v) is 6.58. The fourth-order valence-corrected chi connectivity index (χ4v) is 3.20. The zero-order chi connectivity index (χ0) is 18.8. The maximum absolute atomic E-state index is 13.7. The molecule has 26 heavy (non-hydrogen) atoms. The molecule has 0 aliphatic heterocycles. The Balaban J connectivity index is 1.81. The van der Waals surface area contributed by atoms with Crippen molar-refractivity contribution in [3.05, 3.63) is 74.2 Å². The smallest absolute Gasteiger partial charge is 0.242 e. The number of hydrogen-bond donors (Lipinski definition) is 1. The number of para-hydroxylation sites is 1. The van der Waals surface area contributed by atoms with E-state index in [4.69, 9.17) is 23.2 Å². The number of hydrogen-bond acceptors (Lipinski definition) is 3. The number of aromatic nitrogens is 2. The zero-order valence-corrected chi connectivity index (χ0v) is 15.2. The highest BCUT2D eigenvalue weighted by molar-refractivity contribution is 6.35. The maximum Gasteiger partial charge on any atom is 0.242 e. The zero-order valence-electron chi connectivity index (χ0n) is 13.7. The summed E-state index contributed by atoms with van der Waals surface area (Å²) >= 11 is 11.8. The van der Waals surface area contributed by atoms with Crippen LogP contribution in [0, 0.1) is 5.82 Å². The molecule has 1 heterocycles. The summed E-state index contributed by atoms with van der Waals surface area (Å²) in [4.78, 5) is 24.2. The van der Waals surface area contributed by atoms with Gasteiger partial charge in [-0.25, -0.2) is 4.39 Å². The first-order valence-corrected chi connectivity index (χ1v) is 8.51. The third kappa shape index (κ3) is 3.71. The van der Waals surface area contributed by atoms with Gasteiger partial charge in [0.1, 0.15) is 12.4 Å². The largest absolute Gasteiger partial charge is 0.348 e. The number of benzene rings is 2. The highest BCUT2D eigenvalue weighted by Gasteiger charge is 2.16. The van der Waals surface area contributed by atoms with Crippen LogP contribution in [0.2, 0.25) is 10.0 Å². The number of carbonyl (C=O) groups excluding carboxylic acids is 1. The highest BCUT2D eigenvalue weighted by atomic mass is 35.5. The van der Waals surface area contributed by atoms with Crippen molar-refractivity contribution < 1.29 is 9.18 Å². The van der Waals surface area contributed by atoms with E-state index in [2.05, 4.69) is 10.4 Å². The monoisotopic (exact) mass is 393 g/mol. The van der Waals surface area contributed by atoms with Crippen LogP contribution in [0.4, 0.5) is 4.39 Å². The van der Waals surface area contributed by atoms with Gasteiger partial charge in [0.15, 0.2) is 0 Å². The van der Waals surface area contributed by atoms with E-state index in [1.807, 2.05) is 0 Å². The number of halogens is 3. The molecular weight excluding hydrogens is 380 g/mol. The third-order valence-electron chi connectivity index (χ3n) is 3.94. The molecule has 0 spiro atoms. The Morgan fingerprint density at radius 2 is 2.00 bits per heavy atom. The Labute approximate surface area is 158 Å². The molecule has 1 aromatic heterocycles. The minimum atomic E-state index is -0.611. The van der Waals surface area contributed by atoms with Gasteiger partial charge in [0.05, 0.1) is 22.8 Å². The average molecular weight is 394 g/mol. The lowest BCUT2D eigenvalue weighted by molar-refractivity contribution is -0.122. The molecule has 8 heteroatoms. The van der Waals surface area contributed by atoms with Gasteiger partial charge in [0.25, 0.3) is 0 Å². The molecule has 0 saturated carbocycles. The molecule has 0 unspecified atom stereocenters. The Kier molecular flexibility index (Phi) is 5.25.